The molecule has 5 heteroatoms. The van der Waals surface area contributed by atoms with Gasteiger partial charge in [-0.25, -0.2) is 0 Å². The van der Waals surface area contributed by atoms with Crippen LogP contribution in [-0.4, -0.2) is 47.5 Å². The molecular weight excluding hydrogens is 186 g/mol. The zero-order valence-corrected chi connectivity index (χ0v) is 8.72. The maximum Gasteiger partial charge on any atom is 0.235 e. The summed E-state index contributed by atoms with van der Waals surface area (Å²) in [5.74, 6) is 1.83. The van der Waals surface area contributed by atoms with Crippen molar-refractivity contribution in [1.82, 2.24) is 4.90 Å². The van der Waals surface area contributed by atoms with Crippen molar-refractivity contribution < 1.29 is 4.79 Å². The van der Waals surface area contributed by atoms with Crippen LogP contribution in [0.4, 0.5) is 0 Å². The molecule has 0 aromatic rings. The molecule has 0 saturated carbocycles. The molecule has 1 aliphatic rings. The van der Waals surface area contributed by atoms with Gasteiger partial charge in [-0.15, -0.1) is 0 Å². The summed E-state index contributed by atoms with van der Waals surface area (Å²) in [6.07, 6.45) is 0. The fourth-order valence-corrected chi connectivity index (χ4v) is 2.46. The van der Waals surface area contributed by atoms with Gasteiger partial charge in [0.1, 0.15) is 0 Å². The van der Waals surface area contributed by atoms with Crippen LogP contribution in [0.1, 0.15) is 6.92 Å². The monoisotopic (exact) mass is 203 g/mol. The maximum absolute atomic E-state index is 10.7. The first kappa shape index (κ1) is 10.8. The molecule has 76 valence electrons. The number of carbonyl (C=O) groups is 1. The van der Waals surface area contributed by atoms with Crippen LogP contribution in [0.15, 0.2) is 0 Å². The second-order valence-electron chi connectivity index (χ2n) is 3.43. The van der Waals surface area contributed by atoms with Crippen molar-refractivity contribution >= 4 is 17.7 Å². The van der Waals surface area contributed by atoms with E-state index in [0.29, 0.717) is 12.6 Å². The molecule has 0 bridgehead atoms. The highest BCUT2D eigenvalue weighted by atomic mass is 32.2. The summed E-state index contributed by atoms with van der Waals surface area (Å²) in [4.78, 5) is 13.0. The Hall–Kier alpha value is -0.260. The van der Waals surface area contributed by atoms with E-state index in [9.17, 15) is 4.79 Å². The Morgan fingerprint density at radius 1 is 1.77 bits per heavy atom. The van der Waals surface area contributed by atoms with E-state index in [-0.39, 0.29) is 0 Å². The highest BCUT2D eigenvalue weighted by Crippen LogP contribution is 2.15. The molecule has 1 saturated heterocycles. The van der Waals surface area contributed by atoms with Crippen molar-refractivity contribution in [3.05, 3.63) is 0 Å². The second-order valence-corrected chi connectivity index (χ2v) is 4.58. The van der Waals surface area contributed by atoms with E-state index in [0.717, 1.165) is 18.1 Å². The predicted octanol–water partition coefficient (Wildman–Crippen LogP) is -0.764. The lowest BCUT2D eigenvalue weighted by atomic mass is 10.2. The molecule has 0 radical (unpaired) electrons. The maximum atomic E-state index is 10.7. The van der Waals surface area contributed by atoms with Crippen molar-refractivity contribution in [2.45, 2.75) is 19.0 Å². The fraction of sp³-hybridized carbons (Fsp3) is 0.875. The Morgan fingerprint density at radius 2 is 2.46 bits per heavy atom. The summed E-state index contributed by atoms with van der Waals surface area (Å²) in [5, 5.41) is 0. The third-order valence-electron chi connectivity index (χ3n) is 2.30. The molecule has 1 amide bonds. The van der Waals surface area contributed by atoms with Crippen LogP contribution in [0, 0.1) is 0 Å². The van der Waals surface area contributed by atoms with Gasteiger partial charge in [0.05, 0.1) is 6.04 Å². The number of hydrogen-bond acceptors (Lipinski definition) is 4. The standard InChI is InChI=1S/C8H17N3OS/c1-6-5-13-3-2-11(6)4-7(9)8(10)12/h6-7H,2-5,9H2,1H3,(H2,10,12). The quantitative estimate of drug-likeness (QED) is 0.632. The van der Waals surface area contributed by atoms with Crippen LogP contribution in [0.25, 0.3) is 0 Å². The van der Waals surface area contributed by atoms with E-state index in [4.69, 9.17) is 11.5 Å². The lowest BCUT2D eigenvalue weighted by Crippen LogP contribution is -2.51. The van der Waals surface area contributed by atoms with E-state index in [2.05, 4.69) is 11.8 Å². The summed E-state index contributed by atoms with van der Waals surface area (Å²) in [6.45, 7) is 3.75. The number of carbonyl (C=O) groups excluding carboxylic acids is 1. The lowest BCUT2D eigenvalue weighted by Gasteiger charge is -2.33. The van der Waals surface area contributed by atoms with Gasteiger partial charge >= 0.3 is 0 Å². The van der Waals surface area contributed by atoms with Crippen LogP contribution >= 0.6 is 11.8 Å². The van der Waals surface area contributed by atoms with Gasteiger partial charge in [0.25, 0.3) is 0 Å². The predicted molar refractivity (Wildman–Crippen MR) is 55.5 cm³/mol. The molecule has 0 aromatic heterocycles. The topological polar surface area (TPSA) is 72.3 Å². The number of nitrogens with two attached hydrogens (primary N) is 2. The zero-order chi connectivity index (χ0) is 9.84. The summed E-state index contributed by atoms with van der Waals surface area (Å²) >= 11 is 1.94. The van der Waals surface area contributed by atoms with Gasteiger partial charge in [-0.05, 0) is 6.92 Å². The van der Waals surface area contributed by atoms with Crippen molar-refractivity contribution in [3.8, 4) is 0 Å². The SMILES string of the molecule is CC1CSCCN1CC(N)C(N)=O. The second kappa shape index (κ2) is 4.83. The zero-order valence-electron chi connectivity index (χ0n) is 7.90. The Bertz CT molecular complexity index is 188. The molecule has 0 spiro atoms. The van der Waals surface area contributed by atoms with E-state index in [1.165, 1.54) is 0 Å². The lowest BCUT2D eigenvalue weighted by molar-refractivity contribution is -0.119. The molecule has 0 aliphatic carbocycles. The van der Waals surface area contributed by atoms with Gasteiger partial charge < -0.3 is 11.5 Å². The Morgan fingerprint density at radius 3 is 3.00 bits per heavy atom. The third-order valence-corrected chi connectivity index (χ3v) is 3.49. The smallest absolute Gasteiger partial charge is 0.235 e. The minimum atomic E-state index is -0.523. The van der Waals surface area contributed by atoms with Crippen molar-refractivity contribution in [3.63, 3.8) is 0 Å². The first-order valence-corrected chi connectivity index (χ1v) is 5.63. The fourth-order valence-electron chi connectivity index (χ4n) is 1.38. The van der Waals surface area contributed by atoms with E-state index in [1.807, 2.05) is 11.8 Å². The van der Waals surface area contributed by atoms with Crippen LogP contribution in [0.5, 0.6) is 0 Å². The van der Waals surface area contributed by atoms with E-state index in [1.54, 1.807) is 0 Å². The Labute approximate surface area is 83.0 Å². The minimum absolute atomic E-state index is 0.412. The minimum Gasteiger partial charge on any atom is -0.368 e. The van der Waals surface area contributed by atoms with Crippen LogP contribution < -0.4 is 11.5 Å². The molecule has 1 rings (SSSR count). The summed E-state index contributed by atoms with van der Waals surface area (Å²) in [6, 6.07) is -0.0188. The van der Waals surface area contributed by atoms with E-state index >= 15 is 0 Å². The van der Waals surface area contributed by atoms with E-state index < -0.39 is 11.9 Å². The van der Waals surface area contributed by atoms with Crippen molar-refractivity contribution in [2.75, 3.05) is 24.6 Å². The number of hydrogen-bond donors (Lipinski definition) is 2. The first-order chi connectivity index (χ1) is 6.11. The number of rotatable bonds is 3. The number of primary amides is 1. The number of amides is 1. The summed E-state index contributed by atoms with van der Waals surface area (Å²) < 4.78 is 0. The third kappa shape index (κ3) is 3.17. The highest BCUT2D eigenvalue weighted by Gasteiger charge is 2.22. The summed E-state index contributed by atoms with van der Waals surface area (Å²) in [5.41, 5.74) is 10.7. The van der Waals surface area contributed by atoms with Crippen LogP contribution in [-0.2, 0) is 4.79 Å². The molecule has 2 unspecified atom stereocenters. The van der Waals surface area contributed by atoms with Crippen LogP contribution in [0.2, 0.25) is 0 Å². The average molecular weight is 203 g/mol. The van der Waals surface area contributed by atoms with Gasteiger partial charge in [0, 0.05) is 30.6 Å². The van der Waals surface area contributed by atoms with Gasteiger partial charge in [0.2, 0.25) is 5.91 Å². The molecular formula is C8H17N3OS. The Balaban J connectivity index is 2.37. The van der Waals surface area contributed by atoms with Crippen LogP contribution in [0.3, 0.4) is 0 Å². The highest BCUT2D eigenvalue weighted by molar-refractivity contribution is 7.99. The number of nitrogens with zero attached hydrogens (tertiary/aromatic N) is 1. The molecule has 2 atom stereocenters. The first-order valence-electron chi connectivity index (χ1n) is 4.48. The Kier molecular flexibility index (Phi) is 4.02. The molecule has 4 nitrogen and oxygen atoms in total. The van der Waals surface area contributed by atoms with Crippen molar-refractivity contribution in [2.24, 2.45) is 11.5 Å². The number of thioether (sulfide) groups is 1. The molecule has 1 fully saturated rings. The molecule has 13 heavy (non-hydrogen) atoms. The van der Waals surface area contributed by atoms with Gasteiger partial charge in [-0.3, -0.25) is 9.69 Å². The van der Waals surface area contributed by atoms with Gasteiger partial charge in [-0.1, -0.05) is 0 Å². The average Bonchev–Trinajstić information content (AvgIpc) is 2.08. The normalized spacial score (nSPS) is 27.1. The van der Waals surface area contributed by atoms with Gasteiger partial charge in [0.15, 0.2) is 0 Å². The largest absolute Gasteiger partial charge is 0.368 e. The molecule has 4 N–H and O–H groups in total. The molecule has 1 heterocycles. The van der Waals surface area contributed by atoms with Gasteiger partial charge in [-0.2, -0.15) is 11.8 Å². The summed E-state index contributed by atoms with van der Waals surface area (Å²) in [7, 11) is 0. The molecule has 1 aliphatic heterocycles. The van der Waals surface area contributed by atoms with Crippen molar-refractivity contribution in [1.29, 1.82) is 0 Å². The molecule has 0 aromatic carbocycles.